The molecule has 3 N–H and O–H groups in total. The Bertz CT molecular complexity index is 809. The van der Waals surface area contributed by atoms with E-state index in [1.54, 1.807) is 12.1 Å². The number of rotatable bonds is 4. The molecular weight excluding hydrogens is 343 g/mol. The van der Waals surface area contributed by atoms with Gasteiger partial charge in [-0.15, -0.1) is 11.6 Å². The largest absolute Gasteiger partial charge is 0.505 e. The minimum atomic E-state index is -1.16. The smallest absolute Gasteiger partial charge is 0.236 e. The standard InChI is InChI=1S/C15H12Cl2N2O4/c16-9-4-8(14(20)13-7(9)2-1-3-19-13)11(12(17)15(18)21)10-5-22-6-23-10/h1-5,11-12,20H,6H2,(H2,18,21). The quantitative estimate of drug-likeness (QED) is 0.823. The third-order valence-electron chi connectivity index (χ3n) is 3.54. The van der Waals surface area contributed by atoms with Crippen molar-refractivity contribution in [3.8, 4) is 5.75 Å². The summed E-state index contributed by atoms with van der Waals surface area (Å²) in [6.45, 7) is -0.00543. The maximum atomic E-state index is 11.6. The number of carbonyl (C=O) groups excluding carboxylic acids is 1. The van der Waals surface area contributed by atoms with E-state index in [1.807, 2.05) is 0 Å². The van der Waals surface area contributed by atoms with Gasteiger partial charge in [-0.25, -0.2) is 0 Å². The molecule has 0 saturated heterocycles. The molecule has 2 heterocycles. The number of fused-ring (bicyclic) bond motifs is 1. The highest BCUT2D eigenvalue weighted by atomic mass is 35.5. The number of aromatic nitrogens is 1. The SMILES string of the molecule is NC(=O)C(Cl)C(C1=COCO1)c1cc(Cl)c2cccnc2c1O. The Morgan fingerprint density at radius 1 is 1.48 bits per heavy atom. The Balaban J connectivity index is 2.22. The van der Waals surface area contributed by atoms with E-state index < -0.39 is 17.2 Å². The Morgan fingerprint density at radius 2 is 2.26 bits per heavy atom. The molecule has 2 atom stereocenters. The van der Waals surface area contributed by atoms with Crippen molar-refractivity contribution in [2.24, 2.45) is 5.73 Å². The van der Waals surface area contributed by atoms with Gasteiger partial charge in [0.2, 0.25) is 12.7 Å². The Kier molecular flexibility index (Phi) is 4.19. The second kappa shape index (κ2) is 6.14. The van der Waals surface area contributed by atoms with Crippen molar-refractivity contribution in [1.82, 2.24) is 4.98 Å². The summed E-state index contributed by atoms with van der Waals surface area (Å²) in [7, 11) is 0. The highest BCUT2D eigenvalue weighted by molar-refractivity contribution is 6.36. The molecule has 1 aliphatic heterocycles. The van der Waals surface area contributed by atoms with Crippen LogP contribution in [0.4, 0.5) is 0 Å². The molecule has 0 aliphatic carbocycles. The molecule has 0 fully saturated rings. The number of phenolic OH excluding ortho intramolecular Hbond substituents is 1. The number of pyridine rings is 1. The minimum absolute atomic E-state index is 0.00543. The van der Waals surface area contributed by atoms with Gasteiger partial charge in [-0.1, -0.05) is 11.6 Å². The summed E-state index contributed by atoms with van der Waals surface area (Å²) in [5, 5.41) is 10.4. The van der Waals surface area contributed by atoms with Gasteiger partial charge in [0, 0.05) is 17.1 Å². The number of nitrogens with two attached hydrogens (primary N) is 1. The summed E-state index contributed by atoms with van der Waals surface area (Å²) < 4.78 is 10.3. The number of aromatic hydroxyl groups is 1. The van der Waals surface area contributed by atoms with E-state index in [1.165, 1.54) is 18.5 Å². The highest BCUT2D eigenvalue weighted by Crippen LogP contribution is 2.43. The third-order valence-corrected chi connectivity index (χ3v) is 4.32. The number of alkyl halides is 1. The van der Waals surface area contributed by atoms with Crippen molar-refractivity contribution in [3.05, 3.63) is 47.0 Å². The molecule has 2 unspecified atom stereocenters. The van der Waals surface area contributed by atoms with Crippen molar-refractivity contribution in [3.63, 3.8) is 0 Å². The van der Waals surface area contributed by atoms with Crippen LogP contribution in [0.25, 0.3) is 10.9 Å². The maximum Gasteiger partial charge on any atom is 0.236 e. The van der Waals surface area contributed by atoms with Gasteiger partial charge in [-0.2, -0.15) is 0 Å². The van der Waals surface area contributed by atoms with Crippen molar-refractivity contribution < 1.29 is 19.4 Å². The van der Waals surface area contributed by atoms with E-state index in [9.17, 15) is 9.90 Å². The van der Waals surface area contributed by atoms with Crippen LogP contribution in [0.1, 0.15) is 11.5 Å². The van der Waals surface area contributed by atoms with Gasteiger partial charge in [0.1, 0.15) is 28.7 Å². The molecule has 0 bridgehead atoms. The van der Waals surface area contributed by atoms with Gasteiger partial charge in [-0.05, 0) is 18.2 Å². The van der Waals surface area contributed by atoms with E-state index in [0.717, 1.165) is 0 Å². The molecule has 6 nitrogen and oxygen atoms in total. The average molecular weight is 355 g/mol. The number of nitrogens with zero attached hydrogens (tertiary/aromatic N) is 1. The van der Waals surface area contributed by atoms with Crippen molar-refractivity contribution in [1.29, 1.82) is 0 Å². The van der Waals surface area contributed by atoms with Crippen LogP contribution in [-0.4, -0.2) is 28.2 Å². The first-order valence-electron chi connectivity index (χ1n) is 6.64. The van der Waals surface area contributed by atoms with Crippen LogP contribution >= 0.6 is 23.2 Å². The Hall–Kier alpha value is -2.18. The Morgan fingerprint density at radius 3 is 2.91 bits per heavy atom. The second-order valence-corrected chi connectivity index (χ2v) is 5.80. The van der Waals surface area contributed by atoms with Crippen LogP contribution in [0, 0.1) is 0 Å². The molecule has 23 heavy (non-hydrogen) atoms. The fourth-order valence-corrected chi connectivity index (χ4v) is 3.01. The number of carbonyl (C=O) groups is 1. The first-order valence-corrected chi connectivity index (χ1v) is 7.46. The molecule has 1 aromatic carbocycles. The predicted octanol–water partition coefficient (Wildman–Crippen LogP) is 2.62. The first kappa shape index (κ1) is 15.7. The molecule has 2 aromatic rings. The lowest BCUT2D eigenvalue weighted by atomic mass is 9.91. The molecule has 3 rings (SSSR count). The fraction of sp³-hybridized carbons (Fsp3) is 0.200. The molecule has 0 radical (unpaired) electrons. The van der Waals surface area contributed by atoms with E-state index >= 15 is 0 Å². The summed E-state index contributed by atoms with van der Waals surface area (Å²) in [4.78, 5) is 15.7. The summed E-state index contributed by atoms with van der Waals surface area (Å²) >= 11 is 12.4. The van der Waals surface area contributed by atoms with Crippen LogP contribution in [0.5, 0.6) is 5.75 Å². The van der Waals surface area contributed by atoms with Gasteiger partial charge in [0.15, 0.2) is 0 Å². The zero-order chi connectivity index (χ0) is 16.6. The minimum Gasteiger partial charge on any atom is -0.505 e. The van der Waals surface area contributed by atoms with Gasteiger partial charge in [0.25, 0.3) is 0 Å². The van der Waals surface area contributed by atoms with E-state index in [0.29, 0.717) is 15.9 Å². The number of allylic oxidation sites excluding steroid dienone is 1. The molecule has 1 aliphatic rings. The van der Waals surface area contributed by atoms with E-state index in [2.05, 4.69) is 4.98 Å². The average Bonchev–Trinajstić information content (AvgIpc) is 3.06. The molecule has 0 saturated carbocycles. The number of ether oxygens (including phenoxy) is 2. The number of halogens is 2. The van der Waals surface area contributed by atoms with Gasteiger partial charge in [0.05, 0.1) is 10.9 Å². The summed E-state index contributed by atoms with van der Waals surface area (Å²) in [5.74, 6) is -1.46. The monoisotopic (exact) mass is 354 g/mol. The zero-order valence-electron chi connectivity index (χ0n) is 11.7. The normalized spacial score (nSPS) is 16.3. The molecular formula is C15H12Cl2N2O4. The lowest BCUT2D eigenvalue weighted by Gasteiger charge is -2.22. The number of benzene rings is 1. The second-order valence-electron chi connectivity index (χ2n) is 4.93. The van der Waals surface area contributed by atoms with Crippen LogP contribution in [0.2, 0.25) is 5.02 Å². The summed E-state index contributed by atoms with van der Waals surface area (Å²) in [5.41, 5.74) is 5.91. The summed E-state index contributed by atoms with van der Waals surface area (Å²) in [6, 6.07) is 4.95. The van der Waals surface area contributed by atoms with Crippen molar-refractivity contribution >= 4 is 40.0 Å². The molecule has 120 valence electrons. The van der Waals surface area contributed by atoms with Crippen molar-refractivity contribution in [2.45, 2.75) is 11.3 Å². The highest BCUT2D eigenvalue weighted by Gasteiger charge is 2.35. The molecule has 0 spiro atoms. The van der Waals surface area contributed by atoms with Crippen LogP contribution in [-0.2, 0) is 14.3 Å². The lowest BCUT2D eigenvalue weighted by molar-refractivity contribution is -0.118. The number of primary amides is 1. The van der Waals surface area contributed by atoms with Crippen molar-refractivity contribution in [2.75, 3.05) is 6.79 Å². The summed E-state index contributed by atoms with van der Waals surface area (Å²) in [6.07, 6.45) is 2.86. The van der Waals surface area contributed by atoms with Gasteiger partial charge >= 0.3 is 0 Å². The lowest BCUT2D eigenvalue weighted by Crippen LogP contribution is -2.31. The molecule has 1 amide bonds. The van der Waals surface area contributed by atoms with E-state index in [4.69, 9.17) is 38.4 Å². The molecule has 8 heteroatoms. The number of amides is 1. The molecule has 1 aromatic heterocycles. The van der Waals surface area contributed by atoms with E-state index in [-0.39, 0.29) is 23.9 Å². The van der Waals surface area contributed by atoms with Crippen LogP contribution in [0.3, 0.4) is 0 Å². The maximum absolute atomic E-state index is 11.6. The number of hydrogen-bond donors (Lipinski definition) is 2. The van der Waals surface area contributed by atoms with Gasteiger partial charge in [-0.3, -0.25) is 9.78 Å². The Labute approximate surface area is 141 Å². The van der Waals surface area contributed by atoms with Crippen LogP contribution < -0.4 is 5.73 Å². The third kappa shape index (κ3) is 2.75. The van der Waals surface area contributed by atoms with Crippen LogP contribution in [0.15, 0.2) is 36.4 Å². The first-order chi connectivity index (χ1) is 11.0. The topological polar surface area (TPSA) is 94.7 Å². The number of phenols is 1. The zero-order valence-corrected chi connectivity index (χ0v) is 13.2. The fourth-order valence-electron chi connectivity index (χ4n) is 2.48. The predicted molar refractivity (Wildman–Crippen MR) is 85.1 cm³/mol. The van der Waals surface area contributed by atoms with Gasteiger partial charge < -0.3 is 20.3 Å². The number of hydrogen-bond acceptors (Lipinski definition) is 5.